The van der Waals surface area contributed by atoms with Gasteiger partial charge in [-0.1, -0.05) is 12.1 Å². The van der Waals surface area contributed by atoms with Crippen molar-refractivity contribution in [2.45, 2.75) is 58.3 Å². The minimum atomic E-state index is -0.0511. The molecule has 0 amide bonds. The van der Waals surface area contributed by atoms with E-state index in [1.165, 1.54) is 5.56 Å². The highest BCUT2D eigenvalue weighted by Gasteiger charge is 2.33. The molecule has 1 N–H and O–H groups in total. The number of hydrogen-bond donors (Lipinski definition) is 1. The number of aryl methyl sites for hydroxylation is 1. The highest BCUT2D eigenvalue weighted by molar-refractivity contribution is 5.25. The van der Waals surface area contributed by atoms with Crippen LogP contribution in [0.4, 0.5) is 0 Å². The summed E-state index contributed by atoms with van der Waals surface area (Å²) in [4.78, 5) is 2.54. The molecule has 0 aromatic heterocycles. The Morgan fingerprint density at radius 2 is 2.00 bits per heavy atom. The van der Waals surface area contributed by atoms with Crippen LogP contribution >= 0.6 is 0 Å². The summed E-state index contributed by atoms with van der Waals surface area (Å²) in [7, 11) is 0. The third-order valence-electron chi connectivity index (χ3n) is 4.01. The van der Waals surface area contributed by atoms with Crippen molar-refractivity contribution in [2.75, 3.05) is 13.1 Å². The van der Waals surface area contributed by atoms with E-state index in [9.17, 15) is 5.11 Å². The first-order valence-corrected chi connectivity index (χ1v) is 7.55. The molecule has 20 heavy (non-hydrogen) atoms. The maximum Gasteiger partial charge on any atom is 0.115 e. The molecule has 0 bridgehead atoms. The molecule has 0 saturated carbocycles. The van der Waals surface area contributed by atoms with Gasteiger partial charge in [-0.3, -0.25) is 4.90 Å². The van der Waals surface area contributed by atoms with Crippen molar-refractivity contribution in [1.82, 2.24) is 4.90 Å². The molecule has 3 nitrogen and oxygen atoms in total. The molecule has 2 atom stereocenters. The summed E-state index contributed by atoms with van der Waals surface area (Å²) in [6.45, 7) is 10.8. The van der Waals surface area contributed by atoms with Gasteiger partial charge in [0.05, 0.1) is 11.7 Å². The van der Waals surface area contributed by atoms with Gasteiger partial charge < -0.3 is 9.84 Å². The first kappa shape index (κ1) is 15.3. The van der Waals surface area contributed by atoms with Crippen LogP contribution in [0.2, 0.25) is 0 Å². The lowest BCUT2D eigenvalue weighted by Gasteiger charge is -2.44. The fourth-order valence-corrected chi connectivity index (χ4v) is 3.06. The van der Waals surface area contributed by atoms with Crippen molar-refractivity contribution in [3.63, 3.8) is 0 Å². The minimum absolute atomic E-state index is 0.0511. The van der Waals surface area contributed by atoms with E-state index < -0.39 is 0 Å². The van der Waals surface area contributed by atoms with Gasteiger partial charge in [0.1, 0.15) is 5.75 Å². The summed E-state index contributed by atoms with van der Waals surface area (Å²) < 4.78 is 5.96. The van der Waals surface area contributed by atoms with Crippen LogP contribution in [0.1, 0.15) is 39.7 Å². The van der Waals surface area contributed by atoms with Gasteiger partial charge in [0, 0.05) is 19.1 Å². The number of phenols is 1. The maximum absolute atomic E-state index is 9.30. The maximum atomic E-state index is 9.30. The molecule has 1 fully saturated rings. The Morgan fingerprint density at radius 3 is 2.60 bits per heavy atom. The van der Waals surface area contributed by atoms with Crippen LogP contribution in [0.5, 0.6) is 5.75 Å². The van der Waals surface area contributed by atoms with Crippen molar-refractivity contribution in [2.24, 2.45) is 0 Å². The van der Waals surface area contributed by atoms with Gasteiger partial charge in [-0.2, -0.15) is 0 Å². The normalized spacial score (nSPS) is 24.5. The standard InChI is InChI=1S/C17H27NO2/c1-13(5-6-15-7-9-16(19)10-8-15)18-11-14(2)20-17(3,4)12-18/h7-10,13-14,19H,5-6,11-12H2,1-4H3. The second-order valence-electron chi connectivity index (χ2n) is 6.67. The number of hydrogen-bond acceptors (Lipinski definition) is 3. The van der Waals surface area contributed by atoms with Crippen molar-refractivity contribution < 1.29 is 9.84 Å². The SMILES string of the molecule is CC1CN(C(C)CCc2ccc(O)cc2)CC(C)(C)O1. The largest absolute Gasteiger partial charge is 0.508 e. The lowest BCUT2D eigenvalue weighted by atomic mass is 10.0. The molecule has 0 aliphatic carbocycles. The van der Waals surface area contributed by atoms with Crippen LogP contribution < -0.4 is 0 Å². The molecule has 3 heteroatoms. The molecule has 1 aromatic carbocycles. The Kier molecular flexibility index (Phi) is 4.71. The Hall–Kier alpha value is -1.06. The van der Waals surface area contributed by atoms with Crippen LogP contribution in [0.3, 0.4) is 0 Å². The number of morpholine rings is 1. The summed E-state index contributed by atoms with van der Waals surface area (Å²) >= 11 is 0. The van der Waals surface area contributed by atoms with E-state index in [1.807, 2.05) is 12.1 Å². The molecule has 2 rings (SSSR count). The van der Waals surface area contributed by atoms with Gasteiger partial charge in [-0.05, 0) is 58.2 Å². The Bertz CT molecular complexity index is 427. The third-order valence-corrected chi connectivity index (χ3v) is 4.01. The summed E-state index contributed by atoms with van der Waals surface area (Å²) in [5.74, 6) is 0.338. The Labute approximate surface area is 122 Å². The Balaban J connectivity index is 1.88. The molecule has 1 aliphatic heterocycles. The highest BCUT2D eigenvalue weighted by atomic mass is 16.5. The quantitative estimate of drug-likeness (QED) is 0.917. The monoisotopic (exact) mass is 277 g/mol. The minimum Gasteiger partial charge on any atom is -0.508 e. The predicted octanol–water partition coefficient (Wildman–Crippen LogP) is 3.21. The van der Waals surface area contributed by atoms with Gasteiger partial charge in [-0.25, -0.2) is 0 Å². The van der Waals surface area contributed by atoms with E-state index in [0.29, 0.717) is 17.9 Å². The summed E-state index contributed by atoms with van der Waals surface area (Å²) in [6, 6.07) is 8.09. The zero-order valence-electron chi connectivity index (χ0n) is 13.1. The number of benzene rings is 1. The molecule has 1 heterocycles. The lowest BCUT2D eigenvalue weighted by molar-refractivity contribution is -0.137. The average molecular weight is 277 g/mol. The molecule has 112 valence electrons. The fraction of sp³-hybridized carbons (Fsp3) is 0.647. The van der Waals surface area contributed by atoms with E-state index in [0.717, 1.165) is 25.9 Å². The highest BCUT2D eigenvalue weighted by Crippen LogP contribution is 2.24. The molecule has 1 aliphatic rings. The van der Waals surface area contributed by atoms with E-state index in [1.54, 1.807) is 12.1 Å². The smallest absolute Gasteiger partial charge is 0.115 e. The van der Waals surface area contributed by atoms with Gasteiger partial charge >= 0.3 is 0 Å². The summed E-state index contributed by atoms with van der Waals surface area (Å²) in [6.07, 6.45) is 2.48. The van der Waals surface area contributed by atoms with Crippen LogP contribution in [-0.4, -0.2) is 40.8 Å². The lowest BCUT2D eigenvalue weighted by Crippen LogP contribution is -2.54. The van der Waals surface area contributed by atoms with E-state index in [-0.39, 0.29) is 5.60 Å². The molecule has 2 unspecified atom stereocenters. The third kappa shape index (κ3) is 4.22. The predicted molar refractivity (Wildman–Crippen MR) is 82.1 cm³/mol. The summed E-state index contributed by atoms with van der Waals surface area (Å²) in [5.41, 5.74) is 1.24. The molecule has 0 spiro atoms. The first-order chi connectivity index (χ1) is 9.35. The van der Waals surface area contributed by atoms with Gasteiger partial charge in [0.2, 0.25) is 0 Å². The van der Waals surface area contributed by atoms with Gasteiger partial charge in [-0.15, -0.1) is 0 Å². The summed E-state index contributed by atoms with van der Waals surface area (Å²) in [5, 5.41) is 9.30. The van der Waals surface area contributed by atoms with E-state index >= 15 is 0 Å². The van der Waals surface area contributed by atoms with Crippen LogP contribution in [0, 0.1) is 0 Å². The second-order valence-corrected chi connectivity index (χ2v) is 6.67. The van der Waals surface area contributed by atoms with Crippen molar-refractivity contribution >= 4 is 0 Å². The number of phenolic OH excluding ortho intramolecular Hbond substituents is 1. The van der Waals surface area contributed by atoms with Crippen LogP contribution in [-0.2, 0) is 11.2 Å². The zero-order chi connectivity index (χ0) is 14.8. The second kappa shape index (κ2) is 6.15. The number of nitrogens with zero attached hydrogens (tertiary/aromatic N) is 1. The van der Waals surface area contributed by atoms with Crippen molar-refractivity contribution in [3.05, 3.63) is 29.8 Å². The van der Waals surface area contributed by atoms with E-state index in [2.05, 4.69) is 32.6 Å². The average Bonchev–Trinajstić information content (AvgIpc) is 2.35. The molecule has 0 radical (unpaired) electrons. The van der Waals surface area contributed by atoms with Gasteiger partial charge in [0.15, 0.2) is 0 Å². The first-order valence-electron chi connectivity index (χ1n) is 7.55. The number of aromatic hydroxyl groups is 1. The zero-order valence-corrected chi connectivity index (χ0v) is 13.1. The van der Waals surface area contributed by atoms with Crippen LogP contribution in [0.25, 0.3) is 0 Å². The molecular weight excluding hydrogens is 250 g/mol. The van der Waals surface area contributed by atoms with Gasteiger partial charge in [0.25, 0.3) is 0 Å². The topological polar surface area (TPSA) is 32.7 Å². The Morgan fingerprint density at radius 1 is 1.35 bits per heavy atom. The number of rotatable bonds is 4. The molecular formula is C17H27NO2. The van der Waals surface area contributed by atoms with Crippen molar-refractivity contribution in [3.8, 4) is 5.75 Å². The fourth-order valence-electron chi connectivity index (χ4n) is 3.06. The van der Waals surface area contributed by atoms with E-state index in [4.69, 9.17) is 4.74 Å². The van der Waals surface area contributed by atoms with Crippen LogP contribution in [0.15, 0.2) is 24.3 Å². The number of ether oxygens (including phenoxy) is 1. The molecule has 1 aromatic rings. The molecule has 1 saturated heterocycles. The van der Waals surface area contributed by atoms with Crippen molar-refractivity contribution in [1.29, 1.82) is 0 Å².